The van der Waals surface area contributed by atoms with Gasteiger partial charge in [0.15, 0.2) is 0 Å². The van der Waals surface area contributed by atoms with Gasteiger partial charge in [-0.1, -0.05) is 12.1 Å². The van der Waals surface area contributed by atoms with E-state index in [1.54, 1.807) is 24.3 Å². The van der Waals surface area contributed by atoms with Gasteiger partial charge in [0.1, 0.15) is 5.75 Å². The minimum atomic E-state index is -0.409. The third kappa shape index (κ3) is 3.22. The molecule has 2 aromatic rings. The zero-order valence-electron chi connectivity index (χ0n) is 10.5. The van der Waals surface area contributed by atoms with Crippen molar-refractivity contribution in [3.05, 3.63) is 63.7 Å². The van der Waals surface area contributed by atoms with Crippen molar-refractivity contribution >= 4 is 11.4 Å². The van der Waals surface area contributed by atoms with Crippen LogP contribution in [0.1, 0.15) is 11.1 Å². The Morgan fingerprint density at radius 2 is 2.05 bits per heavy atom. The van der Waals surface area contributed by atoms with Gasteiger partial charge >= 0.3 is 0 Å². The zero-order valence-corrected chi connectivity index (χ0v) is 10.5. The molecule has 0 aliphatic rings. The second-order valence-electron chi connectivity index (χ2n) is 4.28. The van der Waals surface area contributed by atoms with E-state index in [9.17, 15) is 15.2 Å². The zero-order chi connectivity index (χ0) is 13.8. The molecule has 0 unspecified atom stereocenters. The molecule has 98 valence electrons. The number of nitrogens with zero attached hydrogens (tertiary/aromatic N) is 1. The van der Waals surface area contributed by atoms with Crippen LogP contribution in [0.25, 0.3) is 0 Å². The number of hydrogen-bond donors (Lipinski definition) is 2. The highest BCUT2D eigenvalue weighted by Crippen LogP contribution is 2.21. The van der Waals surface area contributed by atoms with Crippen molar-refractivity contribution in [3.63, 3.8) is 0 Å². The molecule has 19 heavy (non-hydrogen) atoms. The molecule has 2 rings (SSSR count). The van der Waals surface area contributed by atoms with E-state index in [1.807, 2.05) is 19.1 Å². The van der Waals surface area contributed by atoms with E-state index in [0.29, 0.717) is 6.54 Å². The Morgan fingerprint density at radius 1 is 1.26 bits per heavy atom. The second kappa shape index (κ2) is 5.39. The first-order chi connectivity index (χ1) is 9.06. The average Bonchev–Trinajstić information content (AvgIpc) is 2.40. The van der Waals surface area contributed by atoms with Crippen molar-refractivity contribution in [3.8, 4) is 5.75 Å². The minimum absolute atomic E-state index is 0.0844. The summed E-state index contributed by atoms with van der Waals surface area (Å²) in [5, 5.41) is 23.3. The van der Waals surface area contributed by atoms with Crippen molar-refractivity contribution in [2.75, 3.05) is 5.32 Å². The molecule has 0 aliphatic carbocycles. The molecule has 0 radical (unpaired) electrons. The first kappa shape index (κ1) is 12.9. The molecule has 0 amide bonds. The number of non-ortho nitro benzene ring substituents is 1. The molecule has 0 aromatic heterocycles. The standard InChI is InChI=1S/C14H14N2O3/c1-10-7-12(5-6-14(10)17)15-9-11-3-2-4-13(8-11)16(18)19/h2-8,15,17H,9H2,1H3. The van der Waals surface area contributed by atoms with Gasteiger partial charge in [0.05, 0.1) is 4.92 Å². The number of benzene rings is 2. The summed E-state index contributed by atoms with van der Waals surface area (Å²) in [6.45, 7) is 2.31. The Kier molecular flexibility index (Phi) is 3.66. The summed E-state index contributed by atoms with van der Waals surface area (Å²) < 4.78 is 0. The molecule has 0 heterocycles. The topological polar surface area (TPSA) is 75.4 Å². The molecule has 5 heteroatoms. The van der Waals surface area contributed by atoms with Gasteiger partial charge in [-0.05, 0) is 36.2 Å². The van der Waals surface area contributed by atoms with Crippen LogP contribution in [-0.2, 0) is 6.54 Å². The number of aryl methyl sites for hydroxylation is 1. The normalized spacial score (nSPS) is 10.2. The predicted octanol–water partition coefficient (Wildman–Crippen LogP) is 3.22. The molecule has 0 aliphatic heterocycles. The Morgan fingerprint density at radius 3 is 2.74 bits per heavy atom. The number of anilines is 1. The van der Waals surface area contributed by atoms with Crippen molar-refractivity contribution in [2.45, 2.75) is 13.5 Å². The molecule has 2 N–H and O–H groups in total. The lowest BCUT2D eigenvalue weighted by Gasteiger charge is -2.08. The third-order valence-electron chi connectivity index (χ3n) is 2.81. The molecule has 5 nitrogen and oxygen atoms in total. The maximum absolute atomic E-state index is 10.7. The largest absolute Gasteiger partial charge is 0.508 e. The Bertz CT molecular complexity index is 611. The van der Waals surface area contributed by atoms with Crippen LogP contribution >= 0.6 is 0 Å². The molecular formula is C14H14N2O3. The summed E-state index contributed by atoms with van der Waals surface area (Å²) in [6.07, 6.45) is 0. The van der Waals surface area contributed by atoms with Crippen molar-refractivity contribution in [2.24, 2.45) is 0 Å². The van der Waals surface area contributed by atoms with E-state index in [4.69, 9.17) is 0 Å². The number of aromatic hydroxyl groups is 1. The first-order valence-electron chi connectivity index (χ1n) is 5.83. The van der Waals surface area contributed by atoms with Crippen molar-refractivity contribution in [1.82, 2.24) is 0 Å². The lowest BCUT2D eigenvalue weighted by Crippen LogP contribution is -2.00. The van der Waals surface area contributed by atoms with Crippen molar-refractivity contribution < 1.29 is 10.0 Å². The summed E-state index contributed by atoms with van der Waals surface area (Å²) >= 11 is 0. The summed E-state index contributed by atoms with van der Waals surface area (Å²) in [4.78, 5) is 10.3. The Labute approximate surface area is 110 Å². The van der Waals surface area contributed by atoms with Crippen LogP contribution < -0.4 is 5.32 Å². The van der Waals surface area contributed by atoms with E-state index < -0.39 is 4.92 Å². The van der Waals surface area contributed by atoms with Crippen LogP contribution in [0.3, 0.4) is 0 Å². The fourth-order valence-corrected chi connectivity index (χ4v) is 1.75. The maximum Gasteiger partial charge on any atom is 0.269 e. The number of rotatable bonds is 4. The number of phenols is 1. The molecule has 0 spiro atoms. The summed E-state index contributed by atoms with van der Waals surface area (Å²) in [5.41, 5.74) is 2.56. The third-order valence-corrected chi connectivity index (χ3v) is 2.81. The van der Waals surface area contributed by atoms with Gasteiger partial charge in [0.2, 0.25) is 0 Å². The number of nitrogens with one attached hydrogen (secondary N) is 1. The Balaban J connectivity index is 2.07. The van der Waals surface area contributed by atoms with Gasteiger partial charge in [-0.2, -0.15) is 0 Å². The van der Waals surface area contributed by atoms with Crippen LogP contribution in [0.15, 0.2) is 42.5 Å². The fraction of sp³-hybridized carbons (Fsp3) is 0.143. The van der Waals surface area contributed by atoms with Gasteiger partial charge < -0.3 is 10.4 Å². The van der Waals surface area contributed by atoms with Gasteiger partial charge in [-0.25, -0.2) is 0 Å². The molecule has 0 fully saturated rings. The highest BCUT2D eigenvalue weighted by molar-refractivity contribution is 5.50. The van der Waals surface area contributed by atoms with Crippen LogP contribution in [0.2, 0.25) is 0 Å². The molecule has 0 atom stereocenters. The molecule has 0 saturated heterocycles. The average molecular weight is 258 g/mol. The van der Waals surface area contributed by atoms with E-state index in [1.165, 1.54) is 6.07 Å². The van der Waals surface area contributed by atoms with E-state index in [-0.39, 0.29) is 11.4 Å². The SMILES string of the molecule is Cc1cc(NCc2cccc([N+](=O)[O-])c2)ccc1O. The fourth-order valence-electron chi connectivity index (χ4n) is 1.75. The number of phenolic OH excluding ortho intramolecular Hbond substituents is 1. The molecular weight excluding hydrogens is 244 g/mol. The lowest BCUT2D eigenvalue weighted by molar-refractivity contribution is -0.384. The van der Waals surface area contributed by atoms with Gasteiger partial charge in [0, 0.05) is 24.4 Å². The highest BCUT2D eigenvalue weighted by Gasteiger charge is 2.05. The predicted molar refractivity (Wildman–Crippen MR) is 73.3 cm³/mol. The first-order valence-corrected chi connectivity index (χ1v) is 5.83. The molecule has 0 saturated carbocycles. The maximum atomic E-state index is 10.7. The number of nitro groups is 1. The second-order valence-corrected chi connectivity index (χ2v) is 4.28. The lowest BCUT2D eigenvalue weighted by atomic mass is 10.1. The van der Waals surface area contributed by atoms with Gasteiger partial charge in [-0.15, -0.1) is 0 Å². The van der Waals surface area contributed by atoms with E-state index in [2.05, 4.69) is 5.32 Å². The minimum Gasteiger partial charge on any atom is -0.508 e. The molecule has 2 aromatic carbocycles. The summed E-state index contributed by atoms with van der Waals surface area (Å²) in [7, 11) is 0. The monoisotopic (exact) mass is 258 g/mol. The van der Waals surface area contributed by atoms with E-state index in [0.717, 1.165) is 16.8 Å². The summed E-state index contributed by atoms with van der Waals surface area (Å²) in [5.74, 6) is 0.251. The quantitative estimate of drug-likeness (QED) is 0.501. The number of nitro benzene ring substituents is 1. The van der Waals surface area contributed by atoms with Crippen LogP contribution in [-0.4, -0.2) is 10.0 Å². The highest BCUT2D eigenvalue weighted by atomic mass is 16.6. The molecule has 0 bridgehead atoms. The van der Waals surface area contributed by atoms with Crippen LogP contribution in [0.5, 0.6) is 5.75 Å². The van der Waals surface area contributed by atoms with Crippen LogP contribution in [0, 0.1) is 17.0 Å². The van der Waals surface area contributed by atoms with E-state index >= 15 is 0 Å². The van der Waals surface area contributed by atoms with Gasteiger partial charge in [0.25, 0.3) is 5.69 Å². The van der Waals surface area contributed by atoms with Gasteiger partial charge in [-0.3, -0.25) is 10.1 Å². The smallest absolute Gasteiger partial charge is 0.269 e. The number of hydrogen-bond acceptors (Lipinski definition) is 4. The summed E-state index contributed by atoms with van der Waals surface area (Å²) in [6, 6.07) is 11.7. The van der Waals surface area contributed by atoms with Crippen LogP contribution in [0.4, 0.5) is 11.4 Å². The Hall–Kier alpha value is -2.56. The van der Waals surface area contributed by atoms with Crippen molar-refractivity contribution in [1.29, 1.82) is 0 Å².